The van der Waals surface area contributed by atoms with Crippen LogP contribution in [0.25, 0.3) is 0 Å². The Kier molecular flexibility index (Phi) is 4.17. The van der Waals surface area contributed by atoms with Gasteiger partial charge in [-0.3, -0.25) is 4.98 Å². The molecule has 2 aromatic heterocycles. The molecule has 19 heavy (non-hydrogen) atoms. The van der Waals surface area contributed by atoms with Gasteiger partial charge in [-0.25, -0.2) is 4.98 Å². The summed E-state index contributed by atoms with van der Waals surface area (Å²) in [6.45, 7) is 8.61. The fraction of sp³-hybridized carbons (Fsp3) is 0.429. The molecule has 1 unspecified atom stereocenters. The maximum Gasteiger partial charge on any atom is 0.138 e. The summed E-state index contributed by atoms with van der Waals surface area (Å²) in [5.74, 6) is 0.238. The molecule has 2 heterocycles. The van der Waals surface area contributed by atoms with Gasteiger partial charge in [-0.05, 0) is 39.8 Å². The van der Waals surface area contributed by atoms with E-state index in [1.807, 2.05) is 20.8 Å². The van der Waals surface area contributed by atoms with Crippen molar-refractivity contribution in [1.82, 2.24) is 15.3 Å². The van der Waals surface area contributed by atoms with Gasteiger partial charge in [0.2, 0.25) is 0 Å². The van der Waals surface area contributed by atoms with Crippen molar-refractivity contribution in [3.63, 3.8) is 0 Å². The maximum atomic E-state index is 9.76. The smallest absolute Gasteiger partial charge is 0.138 e. The van der Waals surface area contributed by atoms with Crippen molar-refractivity contribution in [2.24, 2.45) is 0 Å². The van der Waals surface area contributed by atoms with Crippen molar-refractivity contribution >= 4 is 11.3 Å². The van der Waals surface area contributed by atoms with E-state index in [1.54, 1.807) is 23.5 Å². The molecule has 0 amide bonds. The van der Waals surface area contributed by atoms with Crippen molar-refractivity contribution in [1.29, 1.82) is 0 Å². The second kappa shape index (κ2) is 5.67. The summed E-state index contributed by atoms with van der Waals surface area (Å²) in [5, 5.41) is 14.2. The molecule has 0 aliphatic rings. The Hall–Kier alpha value is -1.46. The molecule has 0 bridgehead atoms. The molecule has 102 valence electrons. The van der Waals surface area contributed by atoms with Gasteiger partial charge in [0.05, 0.1) is 16.4 Å². The van der Waals surface area contributed by atoms with E-state index in [4.69, 9.17) is 0 Å². The molecule has 0 aromatic carbocycles. The number of aromatic hydroxyl groups is 1. The molecular formula is C14H19N3OS. The lowest BCUT2D eigenvalue weighted by atomic mass is 10.2. The number of nitrogens with one attached hydrogen (secondary N) is 1. The van der Waals surface area contributed by atoms with Crippen LogP contribution in [0.2, 0.25) is 0 Å². The largest absolute Gasteiger partial charge is 0.506 e. The Bertz CT molecular complexity index is 580. The average Bonchev–Trinajstić information content (AvgIpc) is 2.69. The van der Waals surface area contributed by atoms with Crippen LogP contribution in [-0.4, -0.2) is 15.1 Å². The van der Waals surface area contributed by atoms with Crippen LogP contribution in [0, 0.1) is 20.8 Å². The molecular weight excluding hydrogens is 258 g/mol. The number of nitrogens with zero attached hydrogens (tertiary/aromatic N) is 2. The normalized spacial score (nSPS) is 12.6. The third kappa shape index (κ3) is 3.30. The number of pyridine rings is 1. The first-order chi connectivity index (χ1) is 8.97. The molecule has 0 aliphatic heterocycles. The Morgan fingerprint density at radius 2 is 2.00 bits per heavy atom. The monoisotopic (exact) mass is 277 g/mol. The first-order valence-corrected chi connectivity index (χ1v) is 7.12. The molecule has 1 atom stereocenters. The third-order valence-electron chi connectivity index (χ3n) is 3.00. The van der Waals surface area contributed by atoms with Crippen molar-refractivity contribution in [3.8, 4) is 5.75 Å². The van der Waals surface area contributed by atoms with Gasteiger partial charge >= 0.3 is 0 Å². The number of thiazole rings is 1. The molecule has 0 saturated heterocycles. The molecule has 2 N–H and O–H groups in total. The Morgan fingerprint density at radius 3 is 2.63 bits per heavy atom. The van der Waals surface area contributed by atoms with Crippen LogP contribution in [0.5, 0.6) is 5.75 Å². The Labute approximate surface area is 117 Å². The number of hydrogen-bond acceptors (Lipinski definition) is 5. The highest BCUT2D eigenvalue weighted by Gasteiger charge is 2.13. The van der Waals surface area contributed by atoms with E-state index in [9.17, 15) is 5.11 Å². The Morgan fingerprint density at radius 1 is 1.26 bits per heavy atom. The lowest BCUT2D eigenvalue weighted by Crippen LogP contribution is -2.18. The highest BCUT2D eigenvalue weighted by molar-refractivity contribution is 7.11. The van der Waals surface area contributed by atoms with Crippen molar-refractivity contribution in [2.75, 3.05) is 0 Å². The van der Waals surface area contributed by atoms with E-state index in [0.29, 0.717) is 12.2 Å². The fourth-order valence-electron chi connectivity index (χ4n) is 2.02. The maximum absolute atomic E-state index is 9.76. The van der Waals surface area contributed by atoms with Crippen LogP contribution < -0.4 is 5.32 Å². The number of aromatic nitrogens is 2. The van der Waals surface area contributed by atoms with Gasteiger partial charge in [-0.1, -0.05) is 0 Å². The number of aryl methyl sites for hydroxylation is 3. The minimum atomic E-state index is 0.202. The van der Waals surface area contributed by atoms with E-state index >= 15 is 0 Å². The summed E-state index contributed by atoms with van der Waals surface area (Å²) >= 11 is 1.71. The van der Waals surface area contributed by atoms with Crippen LogP contribution in [-0.2, 0) is 6.54 Å². The molecule has 2 aromatic rings. The van der Waals surface area contributed by atoms with Crippen LogP contribution in [0.3, 0.4) is 0 Å². The summed E-state index contributed by atoms with van der Waals surface area (Å²) < 4.78 is 0. The van der Waals surface area contributed by atoms with Crippen LogP contribution in [0.1, 0.15) is 39.9 Å². The second-order valence-corrected chi connectivity index (χ2v) is 5.94. The van der Waals surface area contributed by atoms with Crippen molar-refractivity contribution in [2.45, 2.75) is 40.3 Å². The van der Waals surface area contributed by atoms with Gasteiger partial charge in [-0.2, -0.15) is 0 Å². The molecule has 2 rings (SSSR count). The summed E-state index contributed by atoms with van der Waals surface area (Å²) in [4.78, 5) is 10.0. The summed E-state index contributed by atoms with van der Waals surface area (Å²) in [7, 11) is 0. The predicted molar refractivity (Wildman–Crippen MR) is 77.5 cm³/mol. The van der Waals surface area contributed by atoms with Crippen LogP contribution in [0.15, 0.2) is 12.1 Å². The SMILES string of the molecule is Cc1ccc(O)c(CNC(C)c2sc(C)nc2C)n1. The minimum absolute atomic E-state index is 0.202. The van der Waals surface area contributed by atoms with E-state index in [-0.39, 0.29) is 11.8 Å². The highest BCUT2D eigenvalue weighted by atomic mass is 32.1. The first-order valence-electron chi connectivity index (χ1n) is 6.30. The molecule has 0 aliphatic carbocycles. The second-order valence-electron chi connectivity index (χ2n) is 4.70. The van der Waals surface area contributed by atoms with Crippen molar-refractivity contribution in [3.05, 3.63) is 39.1 Å². The zero-order valence-electron chi connectivity index (χ0n) is 11.7. The van der Waals surface area contributed by atoms with Crippen molar-refractivity contribution < 1.29 is 5.11 Å². The third-order valence-corrected chi connectivity index (χ3v) is 4.25. The van der Waals surface area contributed by atoms with Gasteiger partial charge in [0.25, 0.3) is 0 Å². The molecule has 0 radical (unpaired) electrons. The van der Waals surface area contributed by atoms with Crippen LogP contribution in [0.4, 0.5) is 0 Å². The lowest BCUT2D eigenvalue weighted by Gasteiger charge is -2.13. The quantitative estimate of drug-likeness (QED) is 0.902. The summed E-state index contributed by atoms with van der Waals surface area (Å²) in [6.07, 6.45) is 0. The van der Waals surface area contributed by atoms with Crippen LogP contribution >= 0.6 is 11.3 Å². The van der Waals surface area contributed by atoms with Gasteiger partial charge in [0.15, 0.2) is 0 Å². The average molecular weight is 277 g/mol. The molecule has 0 fully saturated rings. The Balaban J connectivity index is 2.06. The zero-order valence-corrected chi connectivity index (χ0v) is 12.5. The van der Waals surface area contributed by atoms with E-state index in [2.05, 4.69) is 22.2 Å². The minimum Gasteiger partial charge on any atom is -0.506 e. The van der Waals surface area contributed by atoms with Gasteiger partial charge in [0, 0.05) is 23.2 Å². The molecule has 0 saturated carbocycles. The van der Waals surface area contributed by atoms with E-state index in [0.717, 1.165) is 16.4 Å². The summed E-state index contributed by atoms with van der Waals surface area (Å²) in [5.41, 5.74) is 2.67. The predicted octanol–water partition coefficient (Wildman–Crippen LogP) is 3.02. The lowest BCUT2D eigenvalue weighted by molar-refractivity contribution is 0.454. The van der Waals surface area contributed by atoms with Gasteiger partial charge < -0.3 is 10.4 Å². The zero-order chi connectivity index (χ0) is 14.0. The van der Waals surface area contributed by atoms with E-state index < -0.39 is 0 Å². The highest BCUT2D eigenvalue weighted by Crippen LogP contribution is 2.25. The molecule has 5 heteroatoms. The fourth-order valence-corrected chi connectivity index (χ4v) is 2.98. The van der Waals surface area contributed by atoms with Gasteiger partial charge in [-0.15, -0.1) is 11.3 Å². The molecule has 0 spiro atoms. The first kappa shape index (κ1) is 14.0. The number of rotatable bonds is 4. The number of hydrogen-bond donors (Lipinski definition) is 2. The van der Waals surface area contributed by atoms with Gasteiger partial charge in [0.1, 0.15) is 5.75 Å². The summed E-state index contributed by atoms with van der Waals surface area (Å²) in [6, 6.07) is 3.69. The van der Waals surface area contributed by atoms with E-state index in [1.165, 1.54) is 4.88 Å². The standard InChI is InChI=1S/C14H19N3OS/c1-8-5-6-13(18)12(16-8)7-15-9(2)14-10(3)17-11(4)19-14/h5-6,9,15,18H,7H2,1-4H3. The molecule has 4 nitrogen and oxygen atoms in total. The topological polar surface area (TPSA) is 58.0 Å².